The number of hydrogen-bond donors (Lipinski definition) is 2. The smallest absolute Gasteiger partial charge is 0.232 e. The molecule has 236 valence electrons. The second kappa shape index (κ2) is 13.4. The van der Waals surface area contributed by atoms with Crippen molar-refractivity contribution in [3.8, 4) is 0 Å². The van der Waals surface area contributed by atoms with E-state index in [0.29, 0.717) is 18.3 Å². The molecule has 9 aromatic rings. The summed E-state index contributed by atoms with van der Waals surface area (Å²) in [6.45, 7) is 4.38. The van der Waals surface area contributed by atoms with Gasteiger partial charge in [0, 0.05) is 36.5 Å². The predicted octanol–water partition coefficient (Wildman–Crippen LogP) is 11.8. The summed E-state index contributed by atoms with van der Waals surface area (Å²) >= 11 is 8.31. The van der Waals surface area contributed by atoms with E-state index in [1.54, 1.807) is 0 Å². The number of benzene rings is 7. The van der Waals surface area contributed by atoms with Crippen LogP contribution >= 0.6 is 34.7 Å². The minimum absolute atomic E-state index is 0.475. The van der Waals surface area contributed by atoms with Crippen LogP contribution in [-0.2, 0) is 6.54 Å². The Bertz CT molecular complexity index is 2730. The molecule has 0 radical (unpaired) electrons. The monoisotopic (exact) mass is 686 g/mol. The highest BCUT2D eigenvalue weighted by atomic mass is 33.1. The molecular formula is C42H30N4S3. The third-order valence-electron chi connectivity index (χ3n) is 8.95. The summed E-state index contributed by atoms with van der Waals surface area (Å²) < 4.78 is 4.79. The fraction of sp³-hybridized carbons (Fsp3) is 0.0238. The number of amidine groups is 1. The molecule has 0 aliphatic carbocycles. The van der Waals surface area contributed by atoms with Crippen LogP contribution in [0.4, 0.5) is 0 Å². The average Bonchev–Trinajstić information content (AvgIpc) is 3.71. The van der Waals surface area contributed by atoms with Gasteiger partial charge < -0.3 is 0 Å². The highest BCUT2D eigenvalue weighted by molar-refractivity contribution is 8.59. The van der Waals surface area contributed by atoms with Gasteiger partial charge in [0.25, 0.3) is 0 Å². The quantitative estimate of drug-likeness (QED) is 0.0804. The number of rotatable bonds is 3. The maximum absolute atomic E-state index is 5.21. The van der Waals surface area contributed by atoms with Gasteiger partial charge in [-0.3, -0.25) is 4.57 Å². The van der Waals surface area contributed by atoms with Gasteiger partial charge in [0.15, 0.2) is 5.84 Å². The van der Waals surface area contributed by atoms with Crippen molar-refractivity contribution in [3.63, 3.8) is 0 Å². The second-order valence-corrected chi connectivity index (χ2v) is 12.8. The van der Waals surface area contributed by atoms with Gasteiger partial charge in [-0.05, 0) is 58.1 Å². The number of hydrogen-bond acceptors (Lipinski definition) is 4. The molecule has 49 heavy (non-hydrogen) atoms. The Morgan fingerprint density at radius 3 is 2.04 bits per heavy atom. The lowest BCUT2D eigenvalue weighted by Crippen LogP contribution is -2.13. The molecule has 0 aliphatic heterocycles. The van der Waals surface area contributed by atoms with Crippen molar-refractivity contribution in [1.82, 2.24) is 4.57 Å². The maximum atomic E-state index is 5.21. The molecule has 0 bridgehead atoms. The fourth-order valence-electron chi connectivity index (χ4n) is 6.78. The van der Waals surface area contributed by atoms with E-state index in [0.717, 1.165) is 27.5 Å². The van der Waals surface area contributed by atoms with E-state index in [4.69, 9.17) is 9.98 Å². The van der Waals surface area contributed by atoms with Crippen LogP contribution in [-0.4, -0.2) is 23.1 Å². The van der Waals surface area contributed by atoms with Crippen molar-refractivity contribution in [2.75, 3.05) is 0 Å². The minimum atomic E-state index is 0.475. The first-order chi connectivity index (χ1) is 24.3. The molecule has 7 aromatic carbocycles. The Balaban J connectivity index is 0.00000171. The molecular weight excluding hydrogens is 657 g/mol. The molecule has 0 aliphatic rings. The number of aromatic nitrogens is 1. The van der Waals surface area contributed by atoms with Crippen LogP contribution in [0.25, 0.3) is 63.5 Å². The maximum Gasteiger partial charge on any atom is 0.232 e. The molecule has 0 atom stereocenters. The summed E-state index contributed by atoms with van der Waals surface area (Å²) in [4.78, 5) is 14.8. The molecule has 0 saturated carbocycles. The van der Waals surface area contributed by atoms with Crippen LogP contribution in [0.3, 0.4) is 0 Å². The second-order valence-electron chi connectivity index (χ2n) is 11.7. The zero-order chi connectivity index (χ0) is 33.3. The lowest BCUT2D eigenvalue weighted by Gasteiger charge is -2.10. The van der Waals surface area contributed by atoms with E-state index in [-0.39, 0.29) is 0 Å². The Morgan fingerprint density at radius 1 is 0.612 bits per heavy atom. The molecule has 0 spiro atoms. The first-order valence-electron chi connectivity index (χ1n) is 15.9. The molecule has 0 unspecified atom stereocenters. The van der Waals surface area contributed by atoms with E-state index >= 15 is 0 Å². The predicted molar refractivity (Wildman–Crippen MR) is 221 cm³/mol. The normalized spacial score (nSPS) is 12.3. The highest BCUT2D eigenvalue weighted by Gasteiger charge is 2.21. The van der Waals surface area contributed by atoms with Crippen LogP contribution in [0.1, 0.15) is 11.1 Å². The Kier molecular flexibility index (Phi) is 8.47. The van der Waals surface area contributed by atoms with Crippen molar-refractivity contribution in [2.24, 2.45) is 15.0 Å². The summed E-state index contributed by atoms with van der Waals surface area (Å²) in [7, 11) is 0. The van der Waals surface area contributed by atoms with Crippen molar-refractivity contribution >= 4 is 117 Å². The minimum Gasteiger partial charge on any atom is -0.278 e. The number of thiophene rings is 1. The van der Waals surface area contributed by atoms with Gasteiger partial charge in [-0.25, -0.2) is 9.98 Å². The fourth-order valence-corrected chi connectivity index (χ4v) is 8.02. The highest BCUT2D eigenvalue weighted by Crippen LogP contribution is 2.45. The van der Waals surface area contributed by atoms with Gasteiger partial charge in [0.1, 0.15) is 0 Å². The molecule has 0 fully saturated rings. The van der Waals surface area contributed by atoms with Gasteiger partial charge >= 0.3 is 0 Å². The average molecular weight is 687 g/mol. The van der Waals surface area contributed by atoms with Gasteiger partial charge in [-0.15, -0.1) is 34.7 Å². The zero-order valence-corrected chi connectivity index (χ0v) is 29.0. The first kappa shape index (κ1) is 31.1. The lowest BCUT2D eigenvalue weighted by molar-refractivity contribution is 1.03. The van der Waals surface area contributed by atoms with E-state index < -0.39 is 0 Å². The van der Waals surface area contributed by atoms with Crippen LogP contribution in [0.15, 0.2) is 161 Å². The summed E-state index contributed by atoms with van der Waals surface area (Å²) in [5, 5.41) is 9.82. The summed E-state index contributed by atoms with van der Waals surface area (Å²) in [6.07, 6.45) is 0. The lowest BCUT2D eigenvalue weighted by atomic mass is 10.0. The summed E-state index contributed by atoms with van der Waals surface area (Å²) in [6, 6.07) is 51.2. The SMILES string of the molecule is C=N/C(=N\C(=NCc1ccccc1)n1c2cc3ccccc3cc2c2c3c(ccc21)sc1c2ccccc2ccc13)c1ccccc1.SS. The molecule has 2 heterocycles. The number of nitrogens with zero attached hydrogens (tertiary/aromatic N) is 4. The molecule has 0 N–H and O–H groups in total. The van der Waals surface area contributed by atoms with Gasteiger partial charge in [-0.1, -0.05) is 121 Å². The van der Waals surface area contributed by atoms with E-state index in [1.807, 2.05) is 59.9 Å². The topological polar surface area (TPSA) is 42.0 Å². The van der Waals surface area contributed by atoms with Crippen molar-refractivity contribution in [1.29, 1.82) is 0 Å². The molecule has 0 amide bonds. The van der Waals surface area contributed by atoms with Gasteiger partial charge in [-0.2, -0.15) is 4.99 Å². The zero-order valence-electron chi connectivity index (χ0n) is 26.4. The van der Waals surface area contributed by atoms with E-state index in [1.165, 1.54) is 47.1 Å². The van der Waals surface area contributed by atoms with E-state index in [9.17, 15) is 0 Å². The number of fused-ring (bicyclic) bond motifs is 10. The molecule has 4 nitrogen and oxygen atoms in total. The Labute approximate surface area is 298 Å². The van der Waals surface area contributed by atoms with Crippen LogP contribution < -0.4 is 0 Å². The third-order valence-corrected chi connectivity index (χ3v) is 10.2. The molecule has 9 rings (SSSR count). The van der Waals surface area contributed by atoms with Crippen molar-refractivity contribution < 1.29 is 0 Å². The Morgan fingerprint density at radius 2 is 1.29 bits per heavy atom. The van der Waals surface area contributed by atoms with Crippen LogP contribution in [0.2, 0.25) is 0 Å². The molecule has 2 aromatic heterocycles. The van der Waals surface area contributed by atoms with Gasteiger partial charge in [0.2, 0.25) is 5.96 Å². The van der Waals surface area contributed by atoms with Crippen molar-refractivity contribution in [2.45, 2.75) is 6.54 Å². The number of thiol groups is 2. The summed E-state index contributed by atoms with van der Waals surface area (Å²) in [5.74, 6) is 1.10. The first-order valence-corrected chi connectivity index (χ1v) is 18.3. The van der Waals surface area contributed by atoms with E-state index in [2.05, 4.69) is 137 Å². The summed E-state index contributed by atoms with van der Waals surface area (Å²) in [5.41, 5.74) is 4.11. The standard InChI is InChI=1S/C42H28N4S.H2S2/c1-43-41(29-15-6-3-7-16-29)45-42(44-26-27-12-4-2-5-13-27)46-35-22-23-37-39(33-21-20-28-14-10-11-19-32(28)40(33)47-37)38(35)34-24-30-17-8-9-18-31(30)25-36(34)46;1-2/h2-25H,1,26H2;1-2H/b44-42?,45-41-;. The van der Waals surface area contributed by atoms with Crippen LogP contribution in [0, 0.1) is 0 Å². The molecule has 0 saturated heterocycles. The van der Waals surface area contributed by atoms with Crippen LogP contribution in [0.5, 0.6) is 0 Å². The third kappa shape index (κ3) is 5.50. The largest absolute Gasteiger partial charge is 0.278 e. The molecule has 7 heteroatoms. The van der Waals surface area contributed by atoms with Gasteiger partial charge in [0.05, 0.1) is 17.6 Å². The Hall–Kier alpha value is -5.21. The van der Waals surface area contributed by atoms with Crippen molar-refractivity contribution in [3.05, 3.63) is 157 Å². The number of aliphatic imine (C=N–C) groups is 3.